The van der Waals surface area contributed by atoms with E-state index < -0.39 is 0 Å². The van der Waals surface area contributed by atoms with Gasteiger partial charge in [-0.05, 0) is 31.6 Å². The van der Waals surface area contributed by atoms with Crippen molar-refractivity contribution in [3.63, 3.8) is 0 Å². The molecule has 0 saturated heterocycles. The van der Waals surface area contributed by atoms with Gasteiger partial charge in [-0.2, -0.15) is 0 Å². The highest BCUT2D eigenvalue weighted by molar-refractivity contribution is 6.42. The summed E-state index contributed by atoms with van der Waals surface area (Å²) < 4.78 is 5.51. The molecule has 1 aromatic rings. The van der Waals surface area contributed by atoms with Gasteiger partial charge in [-0.1, -0.05) is 30.1 Å². The van der Waals surface area contributed by atoms with Crippen molar-refractivity contribution in [3.8, 4) is 5.75 Å². The van der Waals surface area contributed by atoms with Gasteiger partial charge in [0, 0.05) is 6.07 Å². The number of hydrogen-bond donors (Lipinski definition) is 1. The van der Waals surface area contributed by atoms with Gasteiger partial charge >= 0.3 is 0 Å². The fraction of sp³-hybridized carbons (Fsp3) is 0.455. The number of halogens is 2. The van der Waals surface area contributed by atoms with E-state index in [1.54, 1.807) is 12.1 Å². The summed E-state index contributed by atoms with van der Waals surface area (Å²) in [4.78, 5) is 0. The molecule has 0 aromatic heterocycles. The molecule has 0 amide bonds. The second-order valence-corrected chi connectivity index (χ2v) is 3.95. The van der Waals surface area contributed by atoms with Crippen molar-refractivity contribution in [1.82, 2.24) is 5.32 Å². The molecule has 0 aliphatic rings. The molecule has 0 heterocycles. The second kappa shape index (κ2) is 6.94. The summed E-state index contributed by atoms with van der Waals surface area (Å²) in [6.07, 6.45) is 0.980. The minimum Gasteiger partial charge on any atom is -0.493 e. The van der Waals surface area contributed by atoms with Crippen molar-refractivity contribution in [1.29, 1.82) is 0 Å². The van der Waals surface area contributed by atoms with Crippen LogP contribution in [0.2, 0.25) is 10.0 Å². The monoisotopic (exact) mass is 247 g/mol. The number of hydrogen-bond acceptors (Lipinski definition) is 2. The average molecular weight is 248 g/mol. The van der Waals surface area contributed by atoms with Crippen LogP contribution in [-0.4, -0.2) is 19.7 Å². The Balaban J connectivity index is 2.28. The van der Waals surface area contributed by atoms with E-state index in [1.807, 2.05) is 6.07 Å². The zero-order chi connectivity index (χ0) is 11.1. The molecule has 15 heavy (non-hydrogen) atoms. The zero-order valence-electron chi connectivity index (χ0n) is 8.72. The van der Waals surface area contributed by atoms with E-state index in [4.69, 9.17) is 27.9 Å². The van der Waals surface area contributed by atoms with Crippen molar-refractivity contribution in [2.24, 2.45) is 0 Å². The highest BCUT2D eigenvalue weighted by Crippen LogP contribution is 2.26. The highest BCUT2D eigenvalue weighted by atomic mass is 35.5. The second-order valence-electron chi connectivity index (χ2n) is 3.13. The molecule has 2 nitrogen and oxygen atoms in total. The van der Waals surface area contributed by atoms with Crippen LogP contribution in [0.15, 0.2) is 18.2 Å². The van der Waals surface area contributed by atoms with E-state index in [-0.39, 0.29) is 0 Å². The number of nitrogens with one attached hydrogen (secondary N) is 1. The molecule has 0 fully saturated rings. The molecule has 0 atom stereocenters. The highest BCUT2D eigenvalue weighted by Gasteiger charge is 1.99. The molecular formula is C11H15Cl2NO. The van der Waals surface area contributed by atoms with Gasteiger partial charge in [-0.3, -0.25) is 0 Å². The molecule has 1 aromatic carbocycles. The first-order valence-corrected chi connectivity index (χ1v) is 5.78. The average Bonchev–Trinajstić information content (AvgIpc) is 2.23. The first kappa shape index (κ1) is 12.6. The Morgan fingerprint density at radius 2 is 2.07 bits per heavy atom. The number of rotatable bonds is 6. The van der Waals surface area contributed by atoms with Gasteiger partial charge in [0.25, 0.3) is 0 Å². The van der Waals surface area contributed by atoms with Gasteiger partial charge in [-0.15, -0.1) is 0 Å². The number of benzene rings is 1. The molecule has 1 N–H and O–H groups in total. The van der Waals surface area contributed by atoms with Crippen LogP contribution in [0.1, 0.15) is 13.3 Å². The Hall–Kier alpha value is -0.440. The molecule has 0 bridgehead atoms. The maximum absolute atomic E-state index is 5.85. The first-order valence-electron chi connectivity index (χ1n) is 5.02. The lowest BCUT2D eigenvalue weighted by atomic mass is 10.3. The van der Waals surface area contributed by atoms with Crippen molar-refractivity contribution in [3.05, 3.63) is 28.2 Å². The first-order chi connectivity index (χ1) is 7.24. The standard InChI is InChI=1S/C11H15Cl2NO/c1-2-14-6-3-7-15-9-4-5-10(12)11(13)8-9/h4-5,8,14H,2-3,6-7H2,1H3. The van der Waals surface area contributed by atoms with Gasteiger partial charge < -0.3 is 10.1 Å². The van der Waals surface area contributed by atoms with Crippen molar-refractivity contribution in [2.75, 3.05) is 19.7 Å². The lowest BCUT2D eigenvalue weighted by Gasteiger charge is -2.07. The topological polar surface area (TPSA) is 21.3 Å². The van der Waals surface area contributed by atoms with E-state index in [0.29, 0.717) is 16.7 Å². The van der Waals surface area contributed by atoms with Crippen molar-refractivity contribution >= 4 is 23.2 Å². The molecule has 0 saturated carbocycles. The smallest absolute Gasteiger partial charge is 0.120 e. The van der Waals surface area contributed by atoms with Gasteiger partial charge in [0.15, 0.2) is 0 Å². The minimum absolute atomic E-state index is 0.529. The summed E-state index contributed by atoms with van der Waals surface area (Å²) in [5, 5.41) is 4.31. The predicted molar refractivity (Wildman–Crippen MR) is 65.1 cm³/mol. The third-order valence-corrected chi connectivity index (χ3v) is 2.65. The summed E-state index contributed by atoms with van der Waals surface area (Å²) in [7, 11) is 0. The summed E-state index contributed by atoms with van der Waals surface area (Å²) in [6.45, 7) is 4.73. The molecule has 0 spiro atoms. The molecule has 1 rings (SSSR count). The van der Waals surface area contributed by atoms with Crippen LogP contribution in [0.3, 0.4) is 0 Å². The summed E-state index contributed by atoms with van der Waals surface area (Å²) in [5.41, 5.74) is 0. The molecular weight excluding hydrogens is 233 g/mol. The molecule has 0 unspecified atom stereocenters. The third-order valence-electron chi connectivity index (χ3n) is 1.91. The summed E-state index contributed by atoms with van der Waals surface area (Å²) in [6, 6.07) is 5.29. The molecule has 0 radical (unpaired) electrons. The Kier molecular flexibility index (Phi) is 5.84. The van der Waals surface area contributed by atoms with Crippen LogP contribution in [0, 0.1) is 0 Å². The predicted octanol–water partition coefficient (Wildman–Crippen LogP) is 3.37. The van der Waals surface area contributed by atoms with E-state index in [9.17, 15) is 0 Å². The van der Waals surface area contributed by atoms with Crippen LogP contribution in [0.5, 0.6) is 5.75 Å². The van der Waals surface area contributed by atoms with E-state index in [2.05, 4.69) is 12.2 Å². The maximum atomic E-state index is 5.85. The van der Waals surface area contributed by atoms with E-state index in [0.717, 1.165) is 25.3 Å². The SMILES string of the molecule is CCNCCCOc1ccc(Cl)c(Cl)c1. The van der Waals surface area contributed by atoms with Gasteiger partial charge in [0.05, 0.1) is 16.7 Å². The van der Waals surface area contributed by atoms with Crippen LogP contribution in [0.25, 0.3) is 0 Å². The van der Waals surface area contributed by atoms with Crippen LogP contribution in [0.4, 0.5) is 0 Å². The quantitative estimate of drug-likeness (QED) is 0.779. The normalized spacial score (nSPS) is 10.3. The van der Waals surface area contributed by atoms with Gasteiger partial charge in [0.1, 0.15) is 5.75 Å². The van der Waals surface area contributed by atoms with Gasteiger partial charge in [-0.25, -0.2) is 0 Å². The Morgan fingerprint density at radius 1 is 1.27 bits per heavy atom. The van der Waals surface area contributed by atoms with Crippen LogP contribution in [-0.2, 0) is 0 Å². The van der Waals surface area contributed by atoms with Crippen molar-refractivity contribution < 1.29 is 4.74 Å². The van der Waals surface area contributed by atoms with Crippen LogP contribution >= 0.6 is 23.2 Å². The van der Waals surface area contributed by atoms with Crippen LogP contribution < -0.4 is 10.1 Å². The molecule has 0 aliphatic heterocycles. The zero-order valence-corrected chi connectivity index (χ0v) is 10.2. The largest absolute Gasteiger partial charge is 0.493 e. The number of ether oxygens (including phenoxy) is 1. The molecule has 4 heteroatoms. The lowest BCUT2D eigenvalue weighted by molar-refractivity contribution is 0.309. The lowest BCUT2D eigenvalue weighted by Crippen LogP contribution is -2.16. The fourth-order valence-corrected chi connectivity index (χ4v) is 1.42. The fourth-order valence-electron chi connectivity index (χ4n) is 1.13. The Labute approximate surface area is 101 Å². The summed E-state index contributed by atoms with van der Waals surface area (Å²) in [5.74, 6) is 0.765. The maximum Gasteiger partial charge on any atom is 0.120 e. The molecule has 84 valence electrons. The Morgan fingerprint density at radius 3 is 2.73 bits per heavy atom. The summed E-state index contributed by atoms with van der Waals surface area (Å²) >= 11 is 11.6. The van der Waals surface area contributed by atoms with Gasteiger partial charge in [0.2, 0.25) is 0 Å². The van der Waals surface area contributed by atoms with Crippen molar-refractivity contribution in [2.45, 2.75) is 13.3 Å². The van der Waals surface area contributed by atoms with E-state index in [1.165, 1.54) is 0 Å². The Bertz CT molecular complexity index is 305. The third kappa shape index (κ3) is 4.74. The van der Waals surface area contributed by atoms with E-state index >= 15 is 0 Å². The molecule has 0 aliphatic carbocycles. The minimum atomic E-state index is 0.529.